The van der Waals surface area contributed by atoms with Gasteiger partial charge in [0.15, 0.2) is 0 Å². The lowest BCUT2D eigenvalue weighted by Crippen LogP contribution is -2.48. The average molecular weight is 256 g/mol. The molecule has 106 valence electrons. The molecule has 1 heterocycles. The van der Waals surface area contributed by atoms with E-state index in [1.165, 1.54) is 13.0 Å². The summed E-state index contributed by atoms with van der Waals surface area (Å²) in [5.74, 6) is 0. The Kier molecular flexibility index (Phi) is 7.05. The van der Waals surface area contributed by atoms with Gasteiger partial charge in [0, 0.05) is 32.2 Å². The Morgan fingerprint density at radius 1 is 1.33 bits per heavy atom. The summed E-state index contributed by atoms with van der Waals surface area (Å²) in [6.45, 7) is 10.5. The molecule has 0 aromatic heterocycles. The van der Waals surface area contributed by atoms with Crippen LogP contribution in [0.2, 0.25) is 0 Å². The molecule has 1 rings (SSSR count). The van der Waals surface area contributed by atoms with E-state index in [4.69, 9.17) is 5.73 Å². The largest absolute Gasteiger partial charge is 0.351 e. The number of nitrogens with zero attached hydrogens (tertiary/aromatic N) is 2. The first-order valence-electron chi connectivity index (χ1n) is 7.17. The van der Waals surface area contributed by atoms with Gasteiger partial charge in [-0.1, -0.05) is 13.8 Å². The Morgan fingerprint density at radius 3 is 2.50 bits per heavy atom. The van der Waals surface area contributed by atoms with Crippen LogP contribution >= 0.6 is 0 Å². The van der Waals surface area contributed by atoms with Crippen LogP contribution in [0.3, 0.4) is 0 Å². The van der Waals surface area contributed by atoms with E-state index >= 15 is 0 Å². The van der Waals surface area contributed by atoms with E-state index in [9.17, 15) is 4.79 Å². The quantitative estimate of drug-likeness (QED) is 0.710. The fourth-order valence-electron chi connectivity index (χ4n) is 2.48. The monoisotopic (exact) mass is 256 g/mol. The van der Waals surface area contributed by atoms with Crippen molar-refractivity contribution in [3.63, 3.8) is 0 Å². The molecule has 0 aliphatic carbocycles. The molecular formula is C13H28N4O. The van der Waals surface area contributed by atoms with Crippen LogP contribution in [0.4, 0.5) is 4.79 Å². The zero-order chi connectivity index (χ0) is 13.4. The number of hydrogen-bond donors (Lipinski definition) is 2. The van der Waals surface area contributed by atoms with Crippen LogP contribution in [-0.2, 0) is 0 Å². The van der Waals surface area contributed by atoms with Crippen LogP contribution in [0.15, 0.2) is 0 Å². The fourth-order valence-corrected chi connectivity index (χ4v) is 2.48. The number of rotatable bonds is 7. The van der Waals surface area contributed by atoms with Crippen molar-refractivity contribution >= 4 is 6.03 Å². The lowest BCUT2D eigenvalue weighted by Gasteiger charge is -2.31. The molecule has 0 aromatic rings. The highest BCUT2D eigenvalue weighted by atomic mass is 16.2. The van der Waals surface area contributed by atoms with Gasteiger partial charge in [0.2, 0.25) is 0 Å². The summed E-state index contributed by atoms with van der Waals surface area (Å²) in [6.07, 6.45) is 3.25. The van der Waals surface area contributed by atoms with Gasteiger partial charge in [-0.2, -0.15) is 0 Å². The number of amides is 2. The van der Waals surface area contributed by atoms with Gasteiger partial charge < -0.3 is 20.9 Å². The van der Waals surface area contributed by atoms with Crippen molar-refractivity contribution < 1.29 is 4.79 Å². The maximum atomic E-state index is 11.0. The van der Waals surface area contributed by atoms with Gasteiger partial charge in [0.25, 0.3) is 0 Å². The maximum absolute atomic E-state index is 11.0. The molecule has 2 amide bonds. The molecule has 1 fully saturated rings. The molecule has 1 aliphatic heterocycles. The maximum Gasteiger partial charge on any atom is 0.314 e. The number of likely N-dealkylation sites (N-methyl/N-ethyl adjacent to an activating group) is 1. The normalized spacial score (nSPS) is 17.4. The molecule has 0 radical (unpaired) electrons. The third-order valence-corrected chi connectivity index (χ3v) is 3.65. The molecular weight excluding hydrogens is 228 g/mol. The van der Waals surface area contributed by atoms with Crippen LogP contribution in [-0.4, -0.2) is 61.1 Å². The van der Waals surface area contributed by atoms with Gasteiger partial charge in [-0.3, -0.25) is 0 Å². The summed E-state index contributed by atoms with van der Waals surface area (Å²) in [4.78, 5) is 15.2. The van der Waals surface area contributed by atoms with E-state index in [1.807, 2.05) is 0 Å². The molecule has 5 heteroatoms. The van der Waals surface area contributed by atoms with Crippen molar-refractivity contribution in [3.8, 4) is 0 Å². The highest BCUT2D eigenvalue weighted by molar-refractivity contribution is 5.72. The minimum absolute atomic E-state index is 0.284. The number of urea groups is 1. The summed E-state index contributed by atoms with van der Waals surface area (Å²) in [5.41, 5.74) is 5.26. The van der Waals surface area contributed by atoms with Crippen LogP contribution < -0.4 is 11.1 Å². The number of nitrogens with one attached hydrogen (secondary N) is 1. The van der Waals surface area contributed by atoms with Crippen molar-refractivity contribution in [1.82, 2.24) is 15.1 Å². The second kappa shape index (κ2) is 8.32. The van der Waals surface area contributed by atoms with E-state index in [0.29, 0.717) is 6.04 Å². The molecule has 18 heavy (non-hydrogen) atoms. The van der Waals surface area contributed by atoms with Gasteiger partial charge in [-0.25, -0.2) is 4.79 Å². The second-order valence-corrected chi connectivity index (χ2v) is 4.99. The van der Waals surface area contributed by atoms with Crippen LogP contribution in [0, 0.1) is 0 Å². The first-order chi connectivity index (χ1) is 8.67. The summed E-state index contributed by atoms with van der Waals surface area (Å²) >= 11 is 0. The molecule has 5 nitrogen and oxygen atoms in total. The smallest absolute Gasteiger partial charge is 0.314 e. The van der Waals surface area contributed by atoms with E-state index < -0.39 is 0 Å². The minimum Gasteiger partial charge on any atom is -0.351 e. The van der Waals surface area contributed by atoms with Crippen molar-refractivity contribution in [1.29, 1.82) is 0 Å². The number of hydrogen-bond acceptors (Lipinski definition) is 3. The van der Waals surface area contributed by atoms with E-state index in [2.05, 4.69) is 24.1 Å². The SMILES string of the molecule is CCCN(CC)CCNC1CCN(C(N)=O)CC1. The summed E-state index contributed by atoms with van der Waals surface area (Å²) in [6, 6.07) is 0.259. The Morgan fingerprint density at radius 2 is 2.00 bits per heavy atom. The van der Waals surface area contributed by atoms with Gasteiger partial charge in [0.05, 0.1) is 0 Å². The molecule has 1 saturated heterocycles. The Labute approximate surface area is 111 Å². The molecule has 0 saturated carbocycles. The predicted molar refractivity (Wildman–Crippen MR) is 74.6 cm³/mol. The molecule has 0 bridgehead atoms. The zero-order valence-corrected chi connectivity index (χ0v) is 11.8. The Balaban J connectivity index is 2.12. The number of carbonyl (C=O) groups is 1. The van der Waals surface area contributed by atoms with Gasteiger partial charge >= 0.3 is 6.03 Å². The van der Waals surface area contributed by atoms with Crippen LogP contribution in [0.5, 0.6) is 0 Å². The lowest BCUT2D eigenvalue weighted by molar-refractivity contribution is 0.183. The van der Waals surface area contributed by atoms with Crippen molar-refractivity contribution in [3.05, 3.63) is 0 Å². The highest BCUT2D eigenvalue weighted by Crippen LogP contribution is 2.09. The summed E-state index contributed by atoms with van der Waals surface area (Å²) < 4.78 is 0. The van der Waals surface area contributed by atoms with Crippen molar-refractivity contribution in [2.75, 3.05) is 39.3 Å². The Hall–Kier alpha value is -0.810. The molecule has 0 aromatic carbocycles. The highest BCUT2D eigenvalue weighted by Gasteiger charge is 2.20. The predicted octanol–water partition coefficient (Wildman–Crippen LogP) is 0.851. The first kappa shape index (κ1) is 15.2. The molecule has 1 aliphatic rings. The molecule has 0 unspecified atom stereocenters. The third kappa shape index (κ3) is 5.23. The summed E-state index contributed by atoms with van der Waals surface area (Å²) in [5, 5.41) is 3.58. The summed E-state index contributed by atoms with van der Waals surface area (Å²) in [7, 11) is 0. The molecule has 3 N–H and O–H groups in total. The molecule has 0 spiro atoms. The van der Waals surface area contributed by atoms with E-state index in [-0.39, 0.29) is 6.03 Å². The average Bonchev–Trinajstić information content (AvgIpc) is 2.38. The number of carbonyl (C=O) groups excluding carboxylic acids is 1. The number of nitrogens with two attached hydrogens (primary N) is 1. The van der Waals surface area contributed by atoms with Crippen LogP contribution in [0.1, 0.15) is 33.1 Å². The Bertz CT molecular complexity index is 239. The number of piperidine rings is 1. The zero-order valence-electron chi connectivity index (χ0n) is 11.8. The standard InChI is InChI=1S/C13H28N4O/c1-3-8-16(4-2)11-7-15-12-5-9-17(10-6-12)13(14)18/h12,15H,3-11H2,1-2H3,(H2,14,18). The topological polar surface area (TPSA) is 61.6 Å². The van der Waals surface area contributed by atoms with Crippen LogP contribution in [0.25, 0.3) is 0 Å². The van der Waals surface area contributed by atoms with Crippen molar-refractivity contribution in [2.24, 2.45) is 5.73 Å². The van der Waals surface area contributed by atoms with Gasteiger partial charge in [-0.05, 0) is 32.4 Å². The van der Waals surface area contributed by atoms with Crippen molar-refractivity contribution in [2.45, 2.75) is 39.2 Å². The number of likely N-dealkylation sites (tertiary alicyclic amines) is 1. The minimum atomic E-state index is -0.284. The molecule has 0 atom stereocenters. The fraction of sp³-hybridized carbons (Fsp3) is 0.923. The second-order valence-electron chi connectivity index (χ2n) is 4.99. The third-order valence-electron chi connectivity index (χ3n) is 3.65. The van der Waals surface area contributed by atoms with Gasteiger partial charge in [-0.15, -0.1) is 0 Å². The first-order valence-corrected chi connectivity index (χ1v) is 7.17. The van der Waals surface area contributed by atoms with Gasteiger partial charge in [0.1, 0.15) is 0 Å². The van der Waals surface area contributed by atoms with E-state index in [0.717, 1.165) is 45.6 Å². The number of primary amides is 1. The lowest BCUT2D eigenvalue weighted by atomic mass is 10.1. The van der Waals surface area contributed by atoms with E-state index in [1.54, 1.807) is 4.90 Å².